The SMILES string of the molecule is COc1ccccc1Nc1ccc(C#N)cc1[N+](=O)[O-]. The first-order chi connectivity index (χ1) is 9.65. The fourth-order valence-corrected chi connectivity index (χ4v) is 1.75. The molecule has 6 heteroatoms. The van der Waals surface area contributed by atoms with E-state index in [0.717, 1.165) is 0 Å². The molecule has 0 unspecified atom stereocenters. The van der Waals surface area contributed by atoms with Gasteiger partial charge in [0.1, 0.15) is 11.4 Å². The summed E-state index contributed by atoms with van der Waals surface area (Å²) in [6, 6.07) is 13.2. The number of nitro benzene ring substituents is 1. The van der Waals surface area contributed by atoms with Crippen LogP contribution in [0.15, 0.2) is 42.5 Å². The summed E-state index contributed by atoms with van der Waals surface area (Å²) in [6.45, 7) is 0. The molecule has 100 valence electrons. The minimum Gasteiger partial charge on any atom is -0.495 e. The Labute approximate surface area is 115 Å². The fraction of sp³-hybridized carbons (Fsp3) is 0.0714. The van der Waals surface area contributed by atoms with Crippen molar-refractivity contribution in [2.24, 2.45) is 0 Å². The van der Waals surface area contributed by atoms with Gasteiger partial charge in [-0.15, -0.1) is 0 Å². The van der Waals surface area contributed by atoms with Crippen molar-refractivity contribution < 1.29 is 9.66 Å². The summed E-state index contributed by atoms with van der Waals surface area (Å²) in [4.78, 5) is 10.5. The molecule has 0 heterocycles. The molecule has 0 fully saturated rings. The monoisotopic (exact) mass is 269 g/mol. The molecule has 2 aromatic rings. The van der Waals surface area contributed by atoms with Crippen molar-refractivity contribution in [3.05, 3.63) is 58.1 Å². The number of methoxy groups -OCH3 is 1. The van der Waals surface area contributed by atoms with Gasteiger partial charge in [0, 0.05) is 6.07 Å². The largest absolute Gasteiger partial charge is 0.495 e. The molecule has 0 spiro atoms. The van der Waals surface area contributed by atoms with Crippen molar-refractivity contribution in [1.82, 2.24) is 0 Å². The van der Waals surface area contributed by atoms with Crippen LogP contribution in [0.5, 0.6) is 5.75 Å². The Kier molecular flexibility index (Phi) is 3.82. The van der Waals surface area contributed by atoms with E-state index in [1.54, 1.807) is 24.3 Å². The fourth-order valence-electron chi connectivity index (χ4n) is 1.75. The number of ether oxygens (including phenoxy) is 1. The first-order valence-electron chi connectivity index (χ1n) is 5.74. The molecule has 6 nitrogen and oxygen atoms in total. The second-order valence-electron chi connectivity index (χ2n) is 3.93. The molecule has 1 N–H and O–H groups in total. The number of nitro groups is 1. The van der Waals surface area contributed by atoms with E-state index < -0.39 is 4.92 Å². The quantitative estimate of drug-likeness (QED) is 0.680. The highest BCUT2D eigenvalue weighted by Gasteiger charge is 2.16. The number of nitrogens with one attached hydrogen (secondary N) is 1. The topological polar surface area (TPSA) is 88.2 Å². The average Bonchev–Trinajstić information content (AvgIpc) is 2.48. The molecule has 0 saturated heterocycles. The Bertz CT molecular complexity index is 692. The van der Waals surface area contributed by atoms with Gasteiger partial charge >= 0.3 is 0 Å². The summed E-state index contributed by atoms with van der Waals surface area (Å²) >= 11 is 0. The molecule has 0 aromatic heterocycles. The number of hydrogen-bond donors (Lipinski definition) is 1. The third kappa shape index (κ3) is 2.67. The van der Waals surface area contributed by atoms with E-state index in [4.69, 9.17) is 10.00 Å². The van der Waals surface area contributed by atoms with Crippen LogP contribution in [0.4, 0.5) is 17.1 Å². The van der Waals surface area contributed by atoms with Gasteiger partial charge in [-0.1, -0.05) is 12.1 Å². The Hall–Kier alpha value is -3.07. The normalized spacial score (nSPS) is 9.60. The predicted octanol–water partition coefficient (Wildman–Crippen LogP) is 3.22. The van der Waals surface area contributed by atoms with Crippen LogP contribution in [0, 0.1) is 21.4 Å². The van der Waals surface area contributed by atoms with Crippen molar-refractivity contribution >= 4 is 17.1 Å². The molecule has 2 rings (SSSR count). The van der Waals surface area contributed by atoms with Crippen LogP contribution in [-0.4, -0.2) is 12.0 Å². The molecule has 2 aromatic carbocycles. The molecular weight excluding hydrogens is 258 g/mol. The van der Waals surface area contributed by atoms with Crippen molar-refractivity contribution in [2.75, 3.05) is 12.4 Å². The Morgan fingerprint density at radius 3 is 2.65 bits per heavy atom. The van der Waals surface area contributed by atoms with Crippen LogP contribution in [-0.2, 0) is 0 Å². The lowest BCUT2D eigenvalue weighted by atomic mass is 10.1. The Morgan fingerprint density at radius 1 is 1.25 bits per heavy atom. The third-order valence-electron chi connectivity index (χ3n) is 2.70. The third-order valence-corrected chi connectivity index (χ3v) is 2.70. The zero-order valence-corrected chi connectivity index (χ0v) is 10.7. The molecule has 20 heavy (non-hydrogen) atoms. The molecular formula is C14H11N3O3. The van der Waals surface area contributed by atoms with Gasteiger partial charge in [0.25, 0.3) is 5.69 Å². The van der Waals surface area contributed by atoms with Crippen LogP contribution in [0.3, 0.4) is 0 Å². The molecule has 0 aliphatic carbocycles. The van der Waals surface area contributed by atoms with Crippen LogP contribution in [0.1, 0.15) is 5.56 Å². The summed E-state index contributed by atoms with van der Waals surface area (Å²) in [7, 11) is 1.52. The lowest BCUT2D eigenvalue weighted by Gasteiger charge is -2.11. The van der Waals surface area contributed by atoms with Crippen LogP contribution in [0.25, 0.3) is 0 Å². The van der Waals surface area contributed by atoms with Gasteiger partial charge in [-0.2, -0.15) is 5.26 Å². The minimum atomic E-state index is -0.529. The smallest absolute Gasteiger partial charge is 0.293 e. The van der Waals surface area contributed by atoms with E-state index in [9.17, 15) is 10.1 Å². The molecule has 0 bridgehead atoms. The number of nitriles is 1. The van der Waals surface area contributed by atoms with Gasteiger partial charge < -0.3 is 10.1 Å². The highest BCUT2D eigenvalue weighted by molar-refractivity contribution is 5.73. The van der Waals surface area contributed by atoms with Crippen molar-refractivity contribution in [2.45, 2.75) is 0 Å². The van der Waals surface area contributed by atoms with E-state index in [-0.39, 0.29) is 11.3 Å². The highest BCUT2D eigenvalue weighted by Crippen LogP contribution is 2.32. The maximum atomic E-state index is 11.1. The maximum absolute atomic E-state index is 11.1. The summed E-state index contributed by atoms with van der Waals surface area (Å²) < 4.78 is 5.18. The Balaban J connectivity index is 2.43. The maximum Gasteiger partial charge on any atom is 0.293 e. The number of rotatable bonds is 4. The molecule has 0 amide bonds. The van der Waals surface area contributed by atoms with Gasteiger partial charge in [-0.25, -0.2) is 0 Å². The highest BCUT2D eigenvalue weighted by atomic mass is 16.6. The van der Waals surface area contributed by atoms with Crippen molar-refractivity contribution in [3.8, 4) is 11.8 Å². The van der Waals surface area contributed by atoms with Crippen LogP contribution in [0.2, 0.25) is 0 Å². The van der Waals surface area contributed by atoms with Crippen molar-refractivity contribution in [1.29, 1.82) is 5.26 Å². The molecule has 0 radical (unpaired) electrons. The number of hydrogen-bond acceptors (Lipinski definition) is 5. The first kappa shape index (κ1) is 13.4. The first-order valence-corrected chi connectivity index (χ1v) is 5.74. The summed E-state index contributed by atoms with van der Waals surface area (Å²) in [5, 5.41) is 22.8. The standard InChI is InChI=1S/C14H11N3O3/c1-20-14-5-3-2-4-12(14)16-11-7-6-10(9-15)8-13(11)17(18)19/h2-8,16H,1H3. The minimum absolute atomic E-state index is 0.157. The van der Waals surface area contributed by atoms with Crippen molar-refractivity contribution in [3.63, 3.8) is 0 Å². The number of anilines is 2. The van der Waals surface area contributed by atoms with E-state index in [1.807, 2.05) is 6.07 Å². The lowest BCUT2D eigenvalue weighted by Crippen LogP contribution is -1.99. The van der Waals surface area contributed by atoms with Gasteiger partial charge in [-0.05, 0) is 24.3 Å². The lowest BCUT2D eigenvalue weighted by molar-refractivity contribution is -0.383. The molecule has 0 aliphatic rings. The number of nitrogens with zero attached hydrogens (tertiary/aromatic N) is 2. The Morgan fingerprint density at radius 2 is 2.00 bits per heavy atom. The van der Waals surface area contributed by atoms with Gasteiger partial charge in [0.15, 0.2) is 0 Å². The zero-order chi connectivity index (χ0) is 14.5. The molecule has 0 atom stereocenters. The zero-order valence-electron chi connectivity index (χ0n) is 10.7. The second kappa shape index (κ2) is 5.71. The second-order valence-corrected chi connectivity index (χ2v) is 3.93. The van der Waals surface area contributed by atoms with Crippen LogP contribution < -0.4 is 10.1 Å². The van der Waals surface area contributed by atoms with E-state index in [2.05, 4.69) is 5.32 Å². The predicted molar refractivity (Wildman–Crippen MR) is 74.1 cm³/mol. The summed E-state index contributed by atoms with van der Waals surface area (Å²) in [5.74, 6) is 0.575. The van der Waals surface area contributed by atoms with Gasteiger partial charge in [0.2, 0.25) is 0 Å². The van der Waals surface area contributed by atoms with E-state index in [0.29, 0.717) is 17.1 Å². The van der Waals surface area contributed by atoms with Crippen LogP contribution >= 0.6 is 0 Å². The summed E-state index contributed by atoms with van der Waals surface area (Å²) in [5.41, 5.74) is 0.999. The number of benzene rings is 2. The molecule has 0 saturated carbocycles. The van der Waals surface area contributed by atoms with E-state index in [1.165, 1.54) is 25.3 Å². The van der Waals surface area contributed by atoms with E-state index >= 15 is 0 Å². The van der Waals surface area contributed by atoms with Gasteiger partial charge in [-0.3, -0.25) is 10.1 Å². The summed E-state index contributed by atoms with van der Waals surface area (Å²) in [6.07, 6.45) is 0. The molecule has 0 aliphatic heterocycles. The van der Waals surface area contributed by atoms with Gasteiger partial charge in [0.05, 0.1) is 29.4 Å². The average molecular weight is 269 g/mol. The number of para-hydroxylation sites is 2.